The van der Waals surface area contributed by atoms with Crippen molar-refractivity contribution in [1.29, 1.82) is 0 Å². The zero-order valence-electron chi connectivity index (χ0n) is 14.4. The number of carbonyl (C=O) groups excluding carboxylic acids is 1. The number of carbonyl (C=O) groups is 1. The summed E-state index contributed by atoms with van der Waals surface area (Å²) in [6.07, 6.45) is 4.90. The van der Waals surface area contributed by atoms with Crippen molar-refractivity contribution in [3.63, 3.8) is 0 Å². The third-order valence-corrected chi connectivity index (χ3v) is 5.14. The average Bonchev–Trinajstić information content (AvgIpc) is 3.25. The molecule has 24 heavy (non-hydrogen) atoms. The van der Waals surface area contributed by atoms with Crippen LogP contribution in [0.15, 0.2) is 24.3 Å². The molecule has 1 saturated heterocycles. The van der Waals surface area contributed by atoms with E-state index in [-0.39, 0.29) is 24.0 Å². The zero-order valence-corrected chi connectivity index (χ0v) is 14.4. The third-order valence-electron chi connectivity index (χ3n) is 5.14. The molecule has 5 nitrogen and oxygen atoms in total. The highest BCUT2D eigenvalue weighted by molar-refractivity contribution is 5.79. The van der Waals surface area contributed by atoms with E-state index in [1.807, 2.05) is 29.2 Å². The van der Waals surface area contributed by atoms with E-state index in [1.54, 1.807) is 7.11 Å². The zero-order chi connectivity index (χ0) is 16.9. The van der Waals surface area contributed by atoms with Crippen molar-refractivity contribution in [1.82, 2.24) is 4.90 Å². The van der Waals surface area contributed by atoms with E-state index < -0.39 is 0 Å². The van der Waals surface area contributed by atoms with Gasteiger partial charge in [0.15, 0.2) is 0 Å². The predicted octanol–water partition coefficient (Wildman–Crippen LogP) is 2.33. The standard InChI is InChI=1S/C19H28N2O3/c1-23-18-7-3-2-5-15(18)12-21(13-17-6-4-10-24-17)19(22)14-8-9-16(20)11-14/h2-3,5,7,14,16-17H,4,6,8-13,20H2,1H3. The fraction of sp³-hybridized carbons (Fsp3) is 0.632. The Morgan fingerprint density at radius 1 is 1.33 bits per heavy atom. The monoisotopic (exact) mass is 332 g/mol. The van der Waals surface area contributed by atoms with Gasteiger partial charge in [0.05, 0.1) is 13.2 Å². The van der Waals surface area contributed by atoms with Gasteiger partial charge in [0.1, 0.15) is 5.75 Å². The van der Waals surface area contributed by atoms with Gasteiger partial charge in [-0.2, -0.15) is 0 Å². The maximum absolute atomic E-state index is 13.1. The third kappa shape index (κ3) is 4.08. The van der Waals surface area contributed by atoms with Crippen LogP contribution < -0.4 is 10.5 Å². The lowest BCUT2D eigenvalue weighted by Crippen LogP contribution is -2.40. The van der Waals surface area contributed by atoms with E-state index in [4.69, 9.17) is 15.2 Å². The molecule has 0 bridgehead atoms. The first-order valence-corrected chi connectivity index (χ1v) is 8.95. The fourth-order valence-corrected chi connectivity index (χ4v) is 3.80. The second-order valence-corrected chi connectivity index (χ2v) is 6.94. The minimum absolute atomic E-state index is 0.0520. The number of nitrogens with zero attached hydrogens (tertiary/aromatic N) is 1. The van der Waals surface area contributed by atoms with Crippen molar-refractivity contribution >= 4 is 5.91 Å². The normalized spacial score (nSPS) is 26.5. The van der Waals surface area contributed by atoms with Gasteiger partial charge in [-0.05, 0) is 38.2 Å². The second-order valence-electron chi connectivity index (χ2n) is 6.94. The molecule has 1 aliphatic heterocycles. The number of rotatable bonds is 6. The SMILES string of the molecule is COc1ccccc1CN(CC1CCCO1)C(=O)C1CCC(N)C1. The molecule has 0 aromatic heterocycles. The number of para-hydroxylation sites is 1. The molecule has 3 rings (SSSR count). The van der Waals surface area contributed by atoms with Crippen LogP contribution in [-0.2, 0) is 16.1 Å². The molecule has 1 aliphatic carbocycles. The van der Waals surface area contributed by atoms with Gasteiger partial charge in [-0.15, -0.1) is 0 Å². The van der Waals surface area contributed by atoms with Crippen molar-refractivity contribution < 1.29 is 14.3 Å². The molecule has 1 aromatic carbocycles. The number of ether oxygens (including phenoxy) is 2. The van der Waals surface area contributed by atoms with Crippen LogP contribution in [0.1, 0.15) is 37.7 Å². The average molecular weight is 332 g/mol. The van der Waals surface area contributed by atoms with Crippen molar-refractivity contribution in [3.8, 4) is 5.75 Å². The lowest BCUT2D eigenvalue weighted by atomic mass is 10.0. The summed E-state index contributed by atoms with van der Waals surface area (Å²) in [5, 5.41) is 0. The van der Waals surface area contributed by atoms with Gasteiger partial charge in [-0.3, -0.25) is 4.79 Å². The molecule has 2 N–H and O–H groups in total. The van der Waals surface area contributed by atoms with Gasteiger partial charge < -0.3 is 20.1 Å². The topological polar surface area (TPSA) is 64.8 Å². The molecule has 3 unspecified atom stereocenters. The van der Waals surface area contributed by atoms with E-state index in [1.165, 1.54) is 0 Å². The van der Waals surface area contributed by atoms with Crippen LogP contribution in [-0.4, -0.2) is 43.2 Å². The van der Waals surface area contributed by atoms with Crippen LogP contribution in [0, 0.1) is 5.92 Å². The van der Waals surface area contributed by atoms with E-state index in [0.29, 0.717) is 13.1 Å². The maximum Gasteiger partial charge on any atom is 0.226 e. The maximum atomic E-state index is 13.1. The minimum Gasteiger partial charge on any atom is -0.496 e. The molecule has 1 aromatic rings. The number of methoxy groups -OCH3 is 1. The Bertz CT molecular complexity index is 557. The number of nitrogens with two attached hydrogens (primary N) is 1. The van der Waals surface area contributed by atoms with Crippen LogP contribution in [0.5, 0.6) is 5.75 Å². The molecule has 1 saturated carbocycles. The molecule has 1 amide bonds. The lowest BCUT2D eigenvalue weighted by Gasteiger charge is -2.28. The summed E-state index contributed by atoms with van der Waals surface area (Å²) in [5.74, 6) is 1.09. The fourth-order valence-electron chi connectivity index (χ4n) is 3.80. The first-order valence-electron chi connectivity index (χ1n) is 8.95. The minimum atomic E-state index is 0.0520. The van der Waals surface area contributed by atoms with Gasteiger partial charge in [0, 0.05) is 37.2 Å². The highest BCUT2D eigenvalue weighted by Gasteiger charge is 2.33. The lowest BCUT2D eigenvalue weighted by molar-refractivity contribution is -0.137. The summed E-state index contributed by atoms with van der Waals surface area (Å²) in [4.78, 5) is 15.0. The highest BCUT2D eigenvalue weighted by Crippen LogP contribution is 2.28. The van der Waals surface area contributed by atoms with Gasteiger partial charge in [0.2, 0.25) is 5.91 Å². The van der Waals surface area contributed by atoms with Crippen LogP contribution in [0.3, 0.4) is 0 Å². The van der Waals surface area contributed by atoms with Crippen molar-refractivity contribution in [3.05, 3.63) is 29.8 Å². The van der Waals surface area contributed by atoms with E-state index >= 15 is 0 Å². The molecule has 1 heterocycles. The van der Waals surface area contributed by atoms with E-state index in [9.17, 15) is 4.79 Å². The first-order chi connectivity index (χ1) is 11.7. The molecule has 0 spiro atoms. The van der Waals surface area contributed by atoms with Crippen molar-refractivity contribution in [2.24, 2.45) is 11.7 Å². The number of benzene rings is 1. The largest absolute Gasteiger partial charge is 0.496 e. The Morgan fingerprint density at radius 3 is 2.83 bits per heavy atom. The van der Waals surface area contributed by atoms with Crippen LogP contribution in [0.4, 0.5) is 0 Å². The molecule has 3 atom stereocenters. The molecular formula is C19H28N2O3. The predicted molar refractivity (Wildman–Crippen MR) is 92.7 cm³/mol. The summed E-state index contributed by atoms with van der Waals surface area (Å²) >= 11 is 0. The number of hydrogen-bond acceptors (Lipinski definition) is 4. The quantitative estimate of drug-likeness (QED) is 0.868. The van der Waals surface area contributed by atoms with Crippen molar-refractivity contribution in [2.45, 2.75) is 50.8 Å². The molecule has 2 fully saturated rings. The van der Waals surface area contributed by atoms with E-state index in [2.05, 4.69) is 0 Å². The Balaban J connectivity index is 1.74. The summed E-state index contributed by atoms with van der Waals surface area (Å²) in [5.41, 5.74) is 7.05. The summed E-state index contributed by atoms with van der Waals surface area (Å²) in [6, 6.07) is 8.06. The van der Waals surface area contributed by atoms with Gasteiger partial charge in [0.25, 0.3) is 0 Å². The highest BCUT2D eigenvalue weighted by atomic mass is 16.5. The molecule has 132 valence electrons. The number of amides is 1. The van der Waals surface area contributed by atoms with Crippen LogP contribution in [0.25, 0.3) is 0 Å². The second kappa shape index (κ2) is 7.99. The van der Waals surface area contributed by atoms with Crippen LogP contribution >= 0.6 is 0 Å². The van der Waals surface area contributed by atoms with Crippen molar-refractivity contribution in [2.75, 3.05) is 20.3 Å². The number of hydrogen-bond donors (Lipinski definition) is 1. The Labute approximate surface area is 144 Å². The Morgan fingerprint density at radius 2 is 2.17 bits per heavy atom. The molecule has 2 aliphatic rings. The molecular weight excluding hydrogens is 304 g/mol. The summed E-state index contributed by atoms with van der Waals surface area (Å²) in [7, 11) is 1.67. The van der Waals surface area contributed by atoms with Gasteiger partial charge in [-0.1, -0.05) is 18.2 Å². The molecule has 0 radical (unpaired) electrons. The van der Waals surface area contributed by atoms with Crippen LogP contribution in [0.2, 0.25) is 0 Å². The first kappa shape index (κ1) is 17.2. The van der Waals surface area contributed by atoms with Gasteiger partial charge in [-0.25, -0.2) is 0 Å². The van der Waals surface area contributed by atoms with E-state index in [0.717, 1.165) is 50.0 Å². The summed E-state index contributed by atoms with van der Waals surface area (Å²) in [6.45, 7) is 2.02. The molecule has 5 heteroatoms. The summed E-state index contributed by atoms with van der Waals surface area (Å²) < 4.78 is 11.2. The Kier molecular flexibility index (Phi) is 5.74. The smallest absolute Gasteiger partial charge is 0.226 e. The van der Waals surface area contributed by atoms with Gasteiger partial charge >= 0.3 is 0 Å². The Hall–Kier alpha value is -1.59.